The number of carbonyl (C=O) groups excluding carboxylic acids is 1. The van der Waals surface area contributed by atoms with E-state index in [1.54, 1.807) is 18.6 Å². The molecule has 7 heteroatoms. The van der Waals surface area contributed by atoms with Crippen molar-refractivity contribution in [2.24, 2.45) is 0 Å². The van der Waals surface area contributed by atoms with Crippen molar-refractivity contribution in [2.45, 2.75) is 38.1 Å². The average molecular weight is 363 g/mol. The molecule has 0 radical (unpaired) electrons. The van der Waals surface area contributed by atoms with Crippen molar-refractivity contribution in [1.29, 1.82) is 0 Å². The van der Waals surface area contributed by atoms with Gasteiger partial charge in [-0.3, -0.25) is 14.8 Å². The van der Waals surface area contributed by atoms with E-state index in [1.807, 2.05) is 35.2 Å². The van der Waals surface area contributed by atoms with E-state index in [0.717, 1.165) is 30.5 Å². The third kappa shape index (κ3) is 4.02. The Morgan fingerprint density at radius 2 is 2.07 bits per heavy atom. The highest BCUT2D eigenvalue weighted by atomic mass is 16.5. The number of piperidine rings is 1. The molecule has 0 unspecified atom stereocenters. The van der Waals surface area contributed by atoms with Crippen LogP contribution in [0.3, 0.4) is 0 Å². The van der Waals surface area contributed by atoms with Crippen LogP contribution < -0.4 is 0 Å². The molecule has 0 N–H and O–H groups in total. The quantitative estimate of drug-likeness (QED) is 0.692. The number of carbonyl (C=O) groups is 1. The van der Waals surface area contributed by atoms with Crippen LogP contribution in [0.5, 0.6) is 0 Å². The van der Waals surface area contributed by atoms with Crippen molar-refractivity contribution in [1.82, 2.24) is 25.0 Å². The van der Waals surface area contributed by atoms with Crippen LogP contribution in [0.15, 0.2) is 53.4 Å². The molecule has 1 aliphatic rings. The zero-order valence-corrected chi connectivity index (χ0v) is 15.0. The monoisotopic (exact) mass is 363 g/mol. The third-order valence-electron chi connectivity index (χ3n) is 4.79. The van der Waals surface area contributed by atoms with Crippen molar-refractivity contribution in [3.8, 4) is 11.4 Å². The van der Waals surface area contributed by atoms with Gasteiger partial charge in [0, 0.05) is 37.1 Å². The molecular formula is C20H21N5O2. The number of aromatic nitrogens is 4. The Morgan fingerprint density at radius 1 is 1.19 bits per heavy atom. The highest BCUT2D eigenvalue weighted by molar-refractivity contribution is 5.77. The summed E-state index contributed by atoms with van der Waals surface area (Å²) in [5, 5.41) is 4.11. The molecule has 1 fully saturated rings. The summed E-state index contributed by atoms with van der Waals surface area (Å²) in [5.74, 6) is 1.16. The molecule has 1 aliphatic heterocycles. The van der Waals surface area contributed by atoms with Gasteiger partial charge < -0.3 is 9.42 Å². The fourth-order valence-electron chi connectivity index (χ4n) is 3.40. The number of amides is 1. The van der Waals surface area contributed by atoms with E-state index in [-0.39, 0.29) is 11.9 Å². The molecule has 0 spiro atoms. The van der Waals surface area contributed by atoms with E-state index >= 15 is 0 Å². The van der Waals surface area contributed by atoms with E-state index in [1.165, 1.54) is 0 Å². The SMILES string of the molecule is O=C(CCc1cnccn1)N1CCCC[C@H]1c1nc(-c2ccccc2)no1. The zero-order valence-electron chi connectivity index (χ0n) is 15.0. The van der Waals surface area contributed by atoms with Gasteiger partial charge in [0.1, 0.15) is 6.04 Å². The summed E-state index contributed by atoms with van der Waals surface area (Å²) in [6, 6.07) is 9.56. The molecule has 1 aromatic carbocycles. The molecule has 2 aromatic heterocycles. The summed E-state index contributed by atoms with van der Waals surface area (Å²) >= 11 is 0. The number of hydrogen-bond acceptors (Lipinski definition) is 6. The average Bonchev–Trinajstić information content (AvgIpc) is 3.23. The molecule has 1 amide bonds. The van der Waals surface area contributed by atoms with Crippen molar-refractivity contribution in [2.75, 3.05) is 6.54 Å². The topological polar surface area (TPSA) is 85.0 Å². The molecule has 138 valence electrons. The first-order chi connectivity index (χ1) is 13.3. The summed E-state index contributed by atoms with van der Waals surface area (Å²) in [6.45, 7) is 0.715. The Bertz CT molecular complexity index is 882. The fraction of sp³-hybridized carbons (Fsp3) is 0.350. The molecule has 1 saturated heterocycles. The van der Waals surface area contributed by atoms with Crippen LogP contribution in [-0.4, -0.2) is 37.5 Å². The largest absolute Gasteiger partial charge is 0.337 e. The van der Waals surface area contributed by atoms with E-state index < -0.39 is 0 Å². The third-order valence-corrected chi connectivity index (χ3v) is 4.79. The van der Waals surface area contributed by atoms with Crippen LogP contribution in [0, 0.1) is 0 Å². The van der Waals surface area contributed by atoms with Gasteiger partial charge in [-0.2, -0.15) is 4.98 Å². The van der Waals surface area contributed by atoms with E-state index in [4.69, 9.17) is 4.52 Å². The van der Waals surface area contributed by atoms with Gasteiger partial charge >= 0.3 is 0 Å². The summed E-state index contributed by atoms with van der Waals surface area (Å²) in [7, 11) is 0. The standard InChI is InChI=1S/C20H21N5O2/c26-18(10-9-16-14-21-11-12-22-16)25-13-5-4-8-17(25)20-23-19(24-27-20)15-6-2-1-3-7-15/h1-3,6-7,11-12,14,17H,4-5,8-10,13H2/t17-/m0/s1. The number of hydrogen-bond donors (Lipinski definition) is 0. The Morgan fingerprint density at radius 3 is 2.89 bits per heavy atom. The lowest BCUT2D eigenvalue weighted by atomic mass is 10.0. The van der Waals surface area contributed by atoms with E-state index in [2.05, 4.69) is 20.1 Å². The maximum absolute atomic E-state index is 12.8. The minimum atomic E-state index is -0.155. The number of rotatable bonds is 5. The van der Waals surface area contributed by atoms with Gasteiger partial charge in [-0.25, -0.2) is 0 Å². The van der Waals surface area contributed by atoms with Gasteiger partial charge in [0.15, 0.2) is 0 Å². The first-order valence-corrected chi connectivity index (χ1v) is 9.24. The predicted octanol–water partition coefficient (Wildman–Crippen LogP) is 3.21. The second kappa shape index (κ2) is 8.07. The Balaban J connectivity index is 1.47. The summed E-state index contributed by atoms with van der Waals surface area (Å²) in [4.78, 5) is 27.5. The van der Waals surface area contributed by atoms with Gasteiger partial charge in [-0.15, -0.1) is 0 Å². The maximum Gasteiger partial charge on any atom is 0.249 e. The second-order valence-corrected chi connectivity index (χ2v) is 6.62. The summed E-state index contributed by atoms with van der Waals surface area (Å²) < 4.78 is 5.52. The molecule has 3 heterocycles. The van der Waals surface area contributed by atoms with Gasteiger partial charge in [-0.05, 0) is 25.7 Å². The summed E-state index contributed by atoms with van der Waals surface area (Å²) in [5.41, 5.74) is 1.73. The number of nitrogens with zero attached hydrogens (tertiary/aromatic N) is 5. The molecule has 1 atom stereocenters. The molecule has 0 saturated carbocycles. The molecular weight excluding hydrogens is 342 g/mol. The van der Waals surface area contributed by atoms with Crippen LogP contribution in [0.1, 0.15) is 43.3 Å². The van der Waals surface area contributed by atoms with E-state index in [0.29, 0.717) is 31.1 Å². The Kier molecular flexibility index (Phi) is 5.18. The van der Waals surface area contributed by atoms with E-state index in [9.17, 15) is 4.79 Å². The van der Waals surface area contributed by atoms with Crippen LogP contribution in [0.4, 0.5) is 0 Å². The van der Waals surface area contributed by atoms with Gasteiger partial charge in [0.2, 0.25) is 17.6 Å². The normalized spacial score (nSPS) is 17.0. The number of aryl methyl sites for hydroxylation is 1. The van der Waals surface area contributed by atoms with Crippen molar-refractivity contribution < 1.29 is 9.32 Å². The lowest BCUT2D eigenvalue weighted by Crippen LogP contribution is -2.38. The smallest absolute Gasteiger partial charge is 0.249 e. The molecule has 7 nitrogen and oxygen atoms in total. The minimum Gasteiger partial charge on any atom is -0.337 e. The second-order valence-electron chi connectivity index (χ2n) is 6.62. The van der Waals surface area contributed by atoms with Crippen molar-refractivity contribution in [3.05, 3.63) is 60.5 Å². The number of benzene rings is 1. The molecule has 0 aliphatic carbocycles. The fourth-order valence-corrected chi connectivity index (χ4v) is 3.40. The lowest BCUT2D eigenvalue weighted by Gasteiger charge is -2.33. The van der Waals surface area contributed by atoms with Crippen molar-refractivity contribution >= 4 is 5.91 Å². The van der Waals surface area contributed by atoms with Crippen LogP contribution in [0.2, 0.25) is 0 Å². The van der Waals surface area contributed by atoms with Gasteiger partial charge in [0.05, 0.1) is 5.69 Å². The van der Waals surface area contributed by atoms with Gasteiger partial charge in [-0.1, -0.05) is 35.5 Å². The van der Waals surface area contributed by atoms with Crippen LogP contribution >= 0.6 is 0 Å². The molecule has 27 heavy (non-hydrogen) atoms. The zero-order chi connectivity index (χ0) is 18.5. The van der Waals surface area contributed by atoms with Crippen molar-refractivity contribution in [3.63, 3.8) is 0 Å². The lowest BCUT2D eigenvalue weighted by molar-refractivity contribution is -0.135. The highest BCUT2D eigenvalue weighted by Crippen LogP contribution is 2.31. The first kappa shape index (κ1) is 17.3. The molecule has 4 rings (SSSR count). The Labute approximate surface area is 157 Å². The molecule has 3 aromatic rings. The Hall–Kier alpha value is -3.09. The molecule has 0 bridgehead atoms. The summed E-state index contributed by atoms with van der Waals surface area (Å²) in [6.07, 6.45) is 8.83. The minimum absolute atomic E-state index is 0.0878. The first-order valence-electron chi connectivity index (χ1n) is 9.24. The predicted molar refractivity (Wildman–Crippen MR) is 98.4 cm³/mol. The van der Waals surface area contributed by atoms with Crippen LogP contribution in [-0.2, 0) is 11.2 Å². The van der Waals surface area contributed by atoms with Gasteiger partial charge in [0.25, 0.3) is 0 Å². The maximum atomic E-state index is 12.8. The number of likely N-dealkylation sites (tertiary alicyclic amines) is 1. The highest BCUT2D eigenvalue weighted by Gasteiger charge is 2.32. The van der Waals surface area contributed by atoms with Crippen LogP contribution in [0.25, 0.3) is 11.4 Å².